The second-order valence-electron chi connectivity index (χ2n) is 7.40. The maximum atomic E-state index is 13.4. The van der Waals surface area contributed by atoms with Gasteiger partial charge in [0.15, 0.2) is 24.7 Å². The fourth-order valence-corrected chi connectivity index (χ4v) is 3.39. The predicted molar refractivity (Wildman–Crippen MR) is 128 cm³/mol. The molecule has 1 heterocycles. The Morgan fingerprint density at radius 1 is 0.829 bits per heavy atom. The first-order valence-electron chi connectivity index (χ1n) is 10.5. The van der Waals surface area contributed by atoms with E-state index in [4.69, 9.17) is 19.7 Å². The van der Waals surface area contributed by atoms with Crippen LogP contribution in [0.2, 0.25) is 0 Å². The van der Waals surface area contributed by atoms with Crippen molar-refractivity contribution in [2.45, 2.75) is 0 Å². The number of carbonyl (C=O) groups excluding carboxylic acids is 1. The van der Waals surface area contributed by atoms with Crippen molar-refractivity contribution in [3.8, 4) is 11.5 Å². The number of rotatable bonds is 9. The van der Waals surface area contributed by atoms with Crippen LogP contribution >= 0.6 is 0 Å². The highest BCUT2D eigenvalue weighted by Crippen LogP contribution is 2.32. The first kappa shape index (κ1) is 23.2. The van der Waals surface area contributed by atoms with Crippen LogP contribution in [0.25, 0.3) is 6.08 Å². The Bertz CT molecular complexity index is 1320. The van der Waals surface area contributed by atoms with Crippen LogP contribution in [0.15, 0.2) is 89.5 Å². The summed E-state index contributed by atoms with van der Waals surface area (Å²) in [6.45, 7) is -1.28. The molecule has 3 aromatic carbocycles. The molecule has 0 saturated heterocycles. The highest BCUT2D eigenvalue weighted by Gasteiger charge is 2.32. The average Bonchev–Trinajstić information content (AvgIpc) is 3.19. The summed E-state index contributed by atoms with van der Waals surface area (Å²) in [5.41, 5.74) is 2.66. The van der Waals surface area contributed by atoms with Gasteiger partial charge in [0.25, 0.3) is 5.91 Å². The highest BCUT2D eigenvalue weighted by molar-refractivity contribution is 6.37. The lowest BCUT2D eigenvalue weighted by atomic mass is 10.00. The third kappa shape index (κ3) is 5.53. The third-order valence-electron chi connectivity index (χ3n) is 4.91. The van der Waals surface area contributed by atoms with E-state index in [-0.39, 0.29) is 17.4 Å². The van der Waals surface area contributed by atoms with E-state index in [1.165, 1.54) is 17.1 Å². The molecule has 1 aliphatic heterocycles. The van der Waals surface area contributed by atoms with Crippen molar-refractivity contribution in [3.63, 3.8) is 0 Å². The molecule has 176 valence electrons. The molecule has 0 saturated carbocycles. The molecule has 9 nitrogen and oxygen atoms in total. The number of amides is 1. The smallest absolute Gasteiger partial charge is 0.341 e. The summed E-state index contributed by atoms with van der Waals surface area (Å²) in [6.07, 6.45) is 1.62. The number of aliphatic carboxylic acids is 2. The van der Waals surface area contributed by atoms with E-state index in [1.54, 1.807) is 24.3 Å². The number of para-hydroxylation sites is 1. The second kappa shape index (κ2) is 10.3. The molecule has 3 aromatic rings. The first-order chi connectivity index (χ1) is 16.9. The Morgan fingerprint density at radius 3 is 2.06 bits per heavy atom. The van der Waals surface area contributed by atoms with Crippen LogP contribution < -0.4 is 14.5 Å². The summed E-state index contributed by atoms with van der Waals surface area (Å²) in [6, 6.07) is 22.8. The van der Waals surface area contributed by atoms with Gasteiger partial charge >= 0.3 is 11.9 Å². The van der Waals surface area contributed by atoms with Crippen LogP contribution in [-0.4, -0.2) is 47.0 Å². The van der Waals surface area contributed by atoms with Crippen LogP contribution in [0.3, 0.4) is 0 Å². The van der Waals surface area contributed by atoms with Crippen molar-refractivity contribution in [1.82, 2.24) is 0 Å². The van der Waals surface area contributed by atoms with Crippen LogP contribution in [0.1, 0.15) is 11.1 Å². The first-order valence-corrected chi connectivity index (χ1v) is 10.5. The van der Waals surface area contributed by atoms with Gasteiger partial charge in [0.05, 0.1) is 11.3 Å². The number of carboxylic acids is 2. The molecular formula is C26H20N2O7. The fourth-order valence-electron chi connectivity index (χ4n) is 3.39. The number of carboxylic acid groups (broad SMARTS) is 2. The van der Waals surface area contributed by atoms with Gasteiger partial charge in [0.1, 0.15) is 5.71 Å². The Labute approximate surface area is 200 Å². The summed E-state index contributed by atoms with van der Waals surface area (Å²) in [5.74, 6) is -2.64. The van der Waals surface area contributed by atoms with Crippen LogP contribution in [0.5, 0.6) is 11.5 Å². The Hall–Kier alpha value is -4.92. The molecule has 0 aliphatic carbocycles. The molecule has 0 radical (unpaired) electrons. The number of ether oxygens (including phenoxy) is 2. The molecule has 0 atom stereocenters. The maximum Gasteiger partial charge on any atom is 0.341 e. The minimum Gasteiger partial charge on any atom is -0.479 e. The normalized spacial score (nSPS) is 14.1. The van der Waals surface area contributed by atoms with E-state index < -0.39 is 25.2 Å². The van der Waals surface area contributed by atoms with E-state index in [9.17, 15) is 14.4 Å². The lowest BCUT2D eigenvalue weighted by molar-refractivity contribution is -0.140. The Kier molecular flexibility index (Phi) is 6.87. The Morgan fingerprint density at radius 2 is 1.43 bits per heavy atom. The molecule has 1 aliphatic rings. The number of carbonyl (C=O) groups is 3. The number of anilines is 1. The maximum absolute atomic E-state index is 13.4. The minimum absolute atomic E-state index is 0.0339. The summed E-state index contributed by atoms with van der Waals surface area (Å²) >= 11 is 0. The number of nitrogens with zero attached hydrogens (tertiary/aromatic N) is 2. The van der Waals surface area contributed by atoms with Gasteiger partial charge < -0.3 is 19.7 Å². The van der Waals surface area contributed by atoms with Gasteiger partial charge in [0, 0.05) is 5.56 Å². The highest BCUT2D eigenvalue weighted by atomic mass is 16.5. The Balaban J connectivity index is 1.74. The second-order valence-corrected chi connectivity index (χ2v) is 7.40. The minimum atomic E-state index is -1.21. The average molecular weight is 472 g/mol. The van der Waals surface area contributed by atoms with Gasteiger partial charge in [-0.3, -0.25) is 4.79 Å². The molecular weight excluding hydrogens is 452 g/mol. The summed E-state index contributed by atoms with van der Waals surface area (Å²) in [5, 5.41) is 23.8. The van der Waals surface area contributed by atoms with E-state index in [0.29, 0.717) is 22.5 Å². The zero-order valence-electron chi connectivity index (χ0n) is 18.3. The van der Waals surface area contributed by atoms with E-state index in [2.05, 4.69) is 5.10 Å². The van der Waals surface area contributed by atoms with Crippen molar-refractivity contribution < 1.29 is 34.1 Å². The molecule has 0 spiro atoms. The molecule has 0 aromatic heterocycles. The van der Waals surface area contributed by atoms with Crippen molar-refractivity contribution in [3.05, 3.63) is 95.6 Å². The van der Waals surface area contributed by atoms with Gasteiger partial charge in [-0.2, -0.15) is 10.1 Å². The van der Waals surface area contributed by atoms with E-state index >= 15 is 0 Å². The van der Waals surface area contributed by atoms with Crippen molar-refractivity contribution >= 4 is 35.3 Å². The van der Waals surface area contributed by atoms with Crippen LogP contribution in [0.4, 0.5) is 5.69 Å². The zero-order chi connectivity index (χ0) is 24.8. The molecule has 0 bridgehead atoms. The molecule has 4 rings (SSSR count). The molecule has 2 N–H and O–H groups in total. The third-order valence-corrected chi connectivity index (χ3v) is 4.91. The zero-order valence-corrected chi connectivity index (χ0v) is 18.3. The summed E-state index contributed by atoms with van der Waals surface area (Å²) in [4.78, 5) is 35.2. The monoisotopic (exact) mass is 472 g/mol. The number of hydrazone groups is 1. The SMILES string of the molecule is O=C(O)COc1ccc(/C=C2\C(=O)N(c3ccccc3)N=C2c2ccccc2)cc1OCC(=O)O. The molecule has 0 fully saturated rings. The van der Waals surface area contributed by atoms with Crippen molar-refractivity contribution in [2.75, 3.05) is 18.2 Å². The van der Waals surface area contributed by atoms with Crippen LogP contribution in [0, 0.1) is 0 Å². The number of benzene rings is 3. The predicted octanol–water partition coefficient (Wildman–Crippen LogP) is 3.45. The lowest BCUT2D eigenvalue weighted by Gasteiger charge is -2.12. The summed E-state index contributed by atoms with van der Waals surface area (Å²) in [7, 11) is 0. The van der Waals surface area contributed by atoms with E-state index in [1.807, 2.05) is 48.5 Å². The van der Waals surface area contributed by atoms with E-state index in [0.717, 1.165) is 5.56 Å². The number of hydrogen-bond acceptors (Lipinski definition) is 6. The fraction of sp³-hybridized carbons (Fsp3) is 0.0769. The molecule has 9 heteroatoms. The van der Waals surface area contributed by atoms with Crippen molar-refractivity contribution in [1.29, 1.82) is 0 Å². The van der Waals surface area contributed by atoms with Gasteiger partial charge in [-0.15, -0.1) is 0 Å². The quantitative estimate of drug-likeness (QED) is 0.457. The molecule has 0 unspecified atom stereocenters. The lowest BCUT2D eigenvalue weighted by Crippen LogP contribution is -2.21. The van der Waals surface area contributed by atoms with Gasteiger partial charge in [-0.05, 0) is 35.9 Å². The van der Waals surface area contributed by atoms with Gasteiger partial charge in [0.2, 0.25) is 0 Å². The molecule has 1 amide bonds. The topological polar surface area (TPSA) is 126 Å². The number of hydrogen-bond donors (Lipinski definition) is 2. The van der Waals surface area contributed by atoms with Crippen molar-refractivity contribution in [2.24, 2.45) is 5.10 Å². The van der Waals surface area contributed by atoms with Gasteiger partial charge in [-0.1, -0.05) is 54.6 Å². The standard InChI is InChI=1S/C26H20N2O7/c29-23(30)15-34-21-12-11-17(14-22(21)35-16-24(31)32)13-20-25(18-7-3-1-4-8-18)27-28(26(20)33)19-9-5-2-6-10-19/h1-14H,15-16H2,(H,29,30)(H,31,32)/b20-13-. The van der Waals surface area contributed by atoms with Gasteiger partial charge in [-0.25, -0.2) is 9.59 Å². The van der Waals surface area contributed by atoms with Crippen LogP contribution in [-0.2, 0) is 14.4 Å². The molecule has 35 heavy (non-hydrogen) atoms. The summed E-state index contributed by atoms with van der Waals surface area (Å²) < 4.78 is 10.5. The largest absolute Gasteiger partial charge is 0.479 e.